The van der Waals surface area contributed by atoms with Crippen molar-refractivity contribution in [3.05, 3.63) is 23.9 Å². The molecule has 2 heterocycles. The highest BCUT2D eigenvalue weighted by Gasteiger charge is 2.16. The average Bonchev–Trinajstić information content (AvgIpc) is 2.80. The third kappa shape index (κ3) is 3.47. The van der Waals surface area contributed by atoms with Crippen LogP contribution in [0.15, 0.2) is 18.2 Å². The summed E-state index contributed by atoms with van der Waals surface area (Å²) in [5.41, 5.74) is 0.399. The van der Waals surface area contributed by atoms with Crippen molar-refractivity contribution in [1.82, 2.24) is 10.3 Å². The monoisotopic (exact) mass is 232 g/mol. The number of hydrogen-bond acceptors (Lipinski definition) is 4. The van der Waals surface area contributed by atoms with Crippen LogP contribution in [0.4, 0.5) is 0 Å². The van der Waals surface area contributed by atoms with Crippen molar-refractivity contribution in [2.75, 3.05) is 13.1 Å². The van der Waals surface area contributed by atoms with Crippen LogP contribution in [0.25, 0.3) is 0 Å². The van der Waals surface area contributed by atoms with Gasteiger partial charge in [-0.05, 0) is 25.0 Å². The van der Waals surface area contributed by atoms with Crippen LogP contribution in [0.2, 0.25) is 0 Å². The maximum atomic E-state index is 10.3. The molecule has 0 saturated carbocycles. The first-order chi connectivity index (χ1) is 8.24. The number of rotatable bonds is 2. The molecule has 1 aromatic heterocycles. The minimum absolute atomic E-state index is 0.130. The number of hydrogen-bond donors (Lipinski definition) is 2. The SMILES string of the molecule is O=C(O)C#Cc1cccc(OC2CCNC2)n1. The van der Waals surface area contributed by atoms with Gasteiger partial charge < -0.3 is 15.2 Å². The molecule has 0 aliphatic carbocycles. The van der Waals surface area contributed by atoms with Gasteiger partial charge in [-0.3, -0.25) is 0 Å². The van der Waals surface area contributed by atoms with Crippen molar-refractivity contribution >= 4 is 5.97 Å². The summed E-state index contributed by atoms with van der Waals surface area (Å²) in [5, 5.41) is 11.6. The first-order valence-electron chi connectivity index (χ1n) is 5.33. The topological polar surface area (TPSA) is 71.5 Å². The summed E-state index contributed by atoms with van der Waals surface area (Å²) in [6.45, 7) is 1.76. The van der Waals surface area contributed by atoms with Crippen molar-refractivity contribution < 1.29 is 14.6 Å². The fraction of sp³-hybridized carbons (Fsp3) is 0.333. The first kappa shape index (κ1) is 11.4. The van der Waals surface area contributed by atoms with E-state index in [-0.39, 0.29) is 6.10 Å². The van der Waals surface area contributed by atoms with E-state index in [2.05, 4.69) is 16.2 Å². The summed E-state index contributed by atoms with van der Waals surface area (Å²) in [6.07, 6.45) is 1.08. The molecule has 1 saturated heterocycles. The zero-order valence-corrected chi connectivity index (χ0v) is 9.14. The Morgan fingerprint density at radius 2 is 2.47 bits per heavy atom. The Labute approximate surface area is 98.8 Å². The Hall–Kier alpha value is -2.06. The van der Waals surface area contributed by atoms with E-state index in [0.29, 0.717) is 11.6 Å². The van der Waals surface area contributed by atoms with Gasteiger partial charge in [-0.15, -0.1) is 0 Å². The second kappa shape index (κ2) is 5.32. The summed E-state index contributed by atoms with van der Waals surface area (Å²) in [6, 6.07) is 5.14. The smallest absolute Gasteiger partial charge is 0.382 e. The van der Waals surface area contributed by atoms with Gasteiger partial charge in [-0.25, -0.2) is 9.78 Å². The molecule has 88 valence electrons. The highest BCUT2D eigenvalue weighted by molar-refractivity contribution is 5.87. The van der Waals surface area contributed by atoms with Crippen LogP contribution >= 0.6 is 0 Å². The Morgan fingerprint density at radius 3 is 3.18 bits per heavy atom. The van der Waals surface area contributed by atoms with E-state index in [9.17, 15) is 4.79 Å². The van der Waals surface area contributed by atoms with Gasteiger partial charge in [0.05, 0.1) is 0 Å². The summed E-state index contributed by atoms with van der Waals surface area (Å²) < 4.78 is 5.63. The molecule has 1 aliphatic rings. The third-order valence-corrected chi connectivity index (χ3v) is 2.32. The molecular weight excluding hydrogens is 220 g/mol. The van der Waals surface area contributed by atoms with E-state index in [1.54, 1.807) is 18.2 Å². The highest BCUT2D eigenvalue weighted by Crippen LogP contribution is 2.12. The molecule has 0 amide bonds. The maximum Gasteiger partial charge on any atom is 0.382 e. The van der Waals surface area contributed by atoms with E-state index in [1.807, 2.05) is 5.92 Å². The Morgan fingerprint density at radius 1 is 1.59 bits per heavy atom. The molecule has 2 rings (SSSR count). The summed E-state index contributed by atoms with van der Waals surface area (Å²) in [5.74, 6) is 3.79. The molecule has 1 unspecified atom stereocenters. The molecular formula is C12H12N2O3. The summed E-state index contributed by atoms with van der Waals surface area (Å²) >= 11 is 0. The number of aromatic nitrogens is 1. The van der Waals surface area contributed by atoms with Crippen LogP contribution in [-0.4, -0.2) is 35.3 Å². The molecule has 1 aliphatic heterocycles. The Kier molecular flexibility index (Phi) is 3.58. The normalized spacial score (nSPS) is 18.2. The lowest BCUT2D eigenvalue weighted by Crippen LogP contribution is -2.20. The van der Waals surface area contributed by atoms with E-state index in [4.69, 9.17) is 9.84 Å². The molecule has 1 fully saturated rings. The average molecular weight is 232 g/mol. The summed E-state index contributed by atoms with van der Waals surface area (Å²) in [7, 11) is 0. The van der Waals surface area contributed by atoms with Gasteiger partial charge in [-0.2, -0.15) is 0 Å². The minimum Gasteiger partial charge on any atom is -0.473 e. The second-order valence-electron chi connectivity index (χ2n) is 3.65. The fourth-order valence-corrected chi connectivity index (χ4v) is 1.57. The van der Waals surface area contributed by atoms with Gasteiger partial charge in [0.25, 0.3) is 0 Å². The molecule has 0 aromatic carbocycles. The standard InChI is InChI=1S/C12H12N2O3/c15-12(16)5-4-9-2-1-3-11(14-9)17-10-6-7-13-8-10/h1-3,10,13H,6-8H2,(H,15,16). The van der Waals surface area contributed by atoms with E-state index < -0.39 is 5.97 Å². The molecule has 5 nitrogen and oxygen atoms in total. The zero-order chi connectivity index (χ0) is 12.1. The maximum absolute atomic E-state index is 10.3. The van der Waals surface area contributed by atoms with Gasteiger partial charge in [0.1, 0.15) is 11.8 Å². The van der Waals surface area contributed by atoms with E-state index >= 15 is 0 Å². The second-order valence-corrected chi connectivity index (χ2v) is 3.65. The van der Waals surface area contributed by atoms with Crippen LogP contribution in [0.5, 0.6) is 5.88 Å². The van der Waals surface area contributed by atoms with Gasteiger partial charge in [-0.1, -0.05) is 6.07 Å². The molecule has 1 atom stereocenters. The third-order valence-electron chi connectivity index (χ3n) is 2.32. The number of carboxylic acid groups (broad SMARTS) is 1. The van der Waals surface area contributed by atoms with Crippen molar-refractivity contribution in [2.45, 2.75) is 12.5 Å². The van der Waals surface area contributed by atoms with Crippen LogP contribution < -0.4 is 10.1 Å². The lowest BCUT2D eigenvalue weighted by molar-refractivity contribution is -0.130. The molecule has 0 bridgehead atoms. The van der Waals surface area contributed by atoms with E-state index in [0.717, 1.165) is 19.5 Å². The number of carbonyl (C=O) groups is 1. The molecule has 1 aromatic rings. The number of ether oxygens (including phenoxy) is 1. The molecule has 0 spiro atoms. The van der Waals surface area contributed by atoms with Crippen molar-refractivity contribution in [2.24, 2.45) is 0 Å². The van der Waals surface area contributed by atoms with Gasteiger partial charge in [0, 0.05) is 18.5 Å². The van der Waals surface area contributed by atoms with Crippen molar-refractivity contribution in [1.29, 1.82) is 0 Å². The lowest BCUT2D eigenvalue weighted by Gasteiger charge is -2.10. The van der Waals surface area contributed by atoms with Gasteiger partial charge in [0.2, 0.25) is 5.88 Å². The number of nitrogens with zero attached hydrogens (tertiary/aromatic N) is 1. The van der Waals surface area contributed by atoms with Crippen LogP contribution in [0, 0.1) is 11.8 Å². The first-order valence-corrected chi connectivity index (χ1v) is 5.33. The van der Waals surface area contributed by atoms with Crippen LogP contribution in [0.3, 0.4) is 0 Å². The van der Waals surface area contributed by atoms with Crippen molar-refractivity contribution in [3.8, 4) is 17.7 Å². The molecule has 17 heavy (non-hydrogen) atoms. The molecule has 5 heteroatoms. The highest BCUT2D eigenvalue weighted by atomic mass is 16.5. The predicted octanol–water partition coefficient (Wildman–Crippen LogP) is 0.258. The fourth-order valence-electron chi connectivity index (χ4n) is 1.57. The Bertz CT molecular complexity index is 470. The summed E-state index contributed by atoms with van der Waals surface area (Å²) in [4.78, 5) is 14.4. The number of nitrogens with one attached hydrogen (secondary N) is 1. The Balaban J connectivity index is 2.06. The predicted molar refractivity (Wildman–Crippen MR) is 60.7 cm³/mol. The largest absolute Gasteiger partial charge is 0.473 e. The molecule has 0 radical (unpaired) electrons. The van der Waals surface area contributed by atoms with Crippen LogP contribution in [-0.2, 0) is 4.79 Å². The van der Waals surface area contributed by atoms with Crippen LogP contribution in [0.1, 0.15) is 12.1 Å². The number of pyridine rings is 1. The van der Waals surface area contributed by atoms with Gasteiger partial charge >= 0.3 is 5.97 Å². The lowest BCUT2D eigenvalue weighted by atomic mass is 10.3. The molecule has 2 N–H and O–H groups in total. The van der Waals surface area contributed by atoms with Gasteiger partial charge in [0.15, 0.2) is 0 Å². The number of aliphatic carboxylic acids is 1. The van der Waals surface area contributed by atoms with E-state index in [1.165, 1.54) is 0 Å². The quantitative estimate of drug-likeness (QED) is 0.716. The zero-order valence-electron chi connectivity index (χ0n) is 9.14. The number of carboxylic acids is 1. The minimum atomic E-state index is -1.17. The van der Waals surface area contributed by atoms with Crippen molar-refractivity contribution in [3.63, 3.8) is 0 Å².